The fraction of sp³-hybridized carbons (Fsp3) is 0.360. The third-order valence-corrected chi connectivity index (χ3v) is 7.18. The van der Waals surface area contributed by atoms with Gasteiger partial charge in [-0.05, 0) is 50.8 Å². The van der Waals surface area contributed by atoms with E-state index in [2.05, 4.69) is 10.1 Å². The Morgan fingerprint density at radius 3 is 2.71 bits per heavy atom. The molecule has 1 aliphatic heterocycles. The van der Waals surface area contributed by atoms with Gasteiger partial charge in [-0.3, -0.25) is 13.9 Å². The Morgan fingerprint density at radius 1 is 1.11 bits per heavy atom. The molecule has 2 fully saturated rings. The van der Waals surface area contributed by atoms with E-state index in [0.717, 1.165) is 30.5 Å². The van der Waals surface area contributed by atoms with Gasteiger partial charge in [0.25, 0.3) is 5.56 Å². The summed E-state index contributed by atoms with van der Waals surface area (Å²) in [6.07, 6.45) is 9.03. The van der Waals surface area contributed by atoms with Crippen molar-refractivity contribution in [3.8, 4) is 11.3 Å². The predicted octanol–water partition coefficient (Wildman–Crippen LogP) is 5.16. The summed E-state index contributed by atoms with van der Waals surface area (Å²) in [5.74, 6) is -1.99. The minimum absolute atomic E-state index is 0.00762. The highest BCUT2D eigenvalue weighted by Gasteiger charge is 2.30. The zero-order valence-corrected chi connectivity index (χ0v) is 19.7. The molecule has 1 saturated heterocycles. The van der Waals surface area contributed by atoms with Crippen molar-refractivity contribution < 1.29 is 13.5 Å². The average molecular weight is 498 g/mol. The fourth-order valence-electron chi connectivity index (χ4n) is 4.63. The largest absolute Gasteiger partial charge is 0.373 e. The van der Waals surface area contributed by atoms with Gasteiger partial charge in [0.05, 0.1) is 29.7 Å². The van der Waals surface area contributed by atoms with Crippen LogP contribution in [-0.4, -0.2) is 30.8 Å². The van der Waals surface area contributed by atoms with Crippen molar-refractivity contribution in [3.05, 3.63) is 80.8 Å². The number of hydrogen-bond donors (Lipinski definition) is 0. The molecule has 3 aromatic heterocycles. The first-order chi connectivity index (χ1) is 16.9. The molecule has 0 N–H and O–H groups in total. The number of halogens is 3. The predicted molar refractivity (Wildman–Crippen MR) is 126 cm³/mol. The molecule has 180 valence electrons. The Hall–Kier alpha value is -3.17. The number of aryl methyl sites for hydroxylation is 1. The summed E-state index contributed by atoms with van der Waals surface area (Å²) in [4.78, 5) is 22.3. The first kappa shape index (κ1) is 22.3. The highest BCUT2D eigenvalue weighted by molar-refractivity contribution is 6.31. The Kier molecular flexibility index (Phi) is 5.41. The lowest BCUT2D eigenvalue weighted by molar-refractivity contribution is 0.00454. The Labute approximate surface area is 204 Å². The molecule has 0 bridgehead atoms. The highest BCUT2D eigenvalue weighted by atomic mass is 35.5. The van der Waals surface area contributed by atoms with Crippen LogP contribution >= 0.6 is 11.6 Å². The van der Waals surface area contributed by atoms with Crippen LogP contribution in [0.25, 0.3) is 16.9 Å². The fourth-order valence-corrected chi connectivity index (χ4v) is 4.77. The molecule has 0 radical (unpaired) electrons. The molecular formula is C25H22ClF2N5O2. The molecule has 10 heteroatoms. The maximum Gasteiger partial charge on any atom is 0.277 e. The lowest BCUT2D eigenvalue weighted by atomic mass is 9.90. The van der Waals surface area contributed by atoms with Crippen LogP contribution in [0.5, 0.6) is 0 Å². The van der Waals surface area contributed by atoms with Gasteiger partial charge in [-0.25, -0.2) is 18.7 Å². The number of hydrogen-bond acceptors (Lipinski definition) is 5. The van der Waals surface area contributed by atoms with E-state index >= 15 is 0 Å². The third-order valence-electron chi connectivity index (χ3n) is 6.75. The molecule has 2 atom stereocenters. The normalized spacial score (nSPS) is 20.5. The zero-order valence-electron chi connectivity index (χ0n) is 18.9. The molecule has 4 aromatic rings. The van der Waals surface area contributed by atoms with Crippen LogP contribution in [-0.2, 0) is 4.74 Å². The van der Waals surface area contributed by atoms with Crippen molar-refractivity contribution in [2.75, 3.05) is 6.61 Å². The molecular weight excluding hydrogens is 476 g/mol. The number of aromatic nitrogens is 5. The summed E-state index contributed by atoms with van der Waals surface area (Å²) in [7, 11) is 0. The third kappa shape index (κ3) is 4.02. The Bertz CT molecular complexity index is 1510. The van der Waals surface area contributed by atoms with Crippen molar-refractivity contribution in [3.63, 3.8) is 0 Å². The minimum Gasteiger partial charge on any atom is -0.373 e. The Morgan fingerprint density at radius 2 is 1.94 bits per heavy atom. The van der Waals surface area contributed by atoms with Gasteiger partial charge >= 0.3 is 0 Å². The molecule has 7 nitrogen and oxygen atoms in total. The number of ether oxygens (including phenoxy) is 1. The van der Waals surface area contributed by atoms with Gasteiger partial charge in [-0.1, -0.05) is 11.6 Å². The van der Waals surface area contributed by atoms with Crippen LogP contribution in [0.2, 0.25) is 5.02 Å². The first-order valence-corrected chi connectivity index (χ1v) is 12.0. The second-order valence-electron chi connectivity index (χ2n) is 9.22. The van der Waals surface area contributed by atoms with Crippen LogP contribution < -0.4 is 5.56 Å². The van der Waals surface area contributed by atoms with E-state index in [1.165, 1.54) is 10.5 Å². The zero-order chi connectivity index (χ0) is 24.3. The summed E-state index contributed by atoms with van der Waals surface area (Å²) < 4.78 is 37.1. The minimum atomic E-state index is -1.00. The van der Waals surface area contributed by atoms with E-state index in [4.69, 9.17) is 21.3 Å². The van der Waals surface area contributed by atoms with Gasteiger partial charge in [0.15, 0.2) is 17.3 Å². The van der Waals surface area contributed by atoms with Crippen molar-refractivity contribution >= 4 is 17.2 Å². The lowest BCUT2D eigenvalue weighted by Gasteiger charge is -2.29. The molecule has 6 rings (SSSR count). The topological polar surface area (TPSA) is 74.3 Å². The van der Waals surface area contributed by atoms with Gasteiger partial charge in [0.2, 0.25) is 0 Å². The van der Waals surface area contributed by atoms with Gasteiger partial charge in [0.1, 0.15) is 10.7 Å². The van der Waals surface area contributed by atoms with Gasteiger partial charge in [-0.15, -0.1) is 0 Å². The van der Waals surface area contributed by atoms with Crippen LogP contribution in [0, 0.1) is 18.6 Å². The maximum atomic E-state index is 14.1. The quantitative estimate of drug-likeness (QED) is 0.389. The standard InChI is InChI=1S/C25H22ClF2N5O2/c1-13-22(26)25(34)32-12-20(31-23(24(32)30-13)15-2-5-18(27)19(28)8-15)14-6-7-35-21(9-14)16-10-29-33(11-16)17-3-4-17/h2,5,8,10-12,14,17,21H,3-4,6-7,9H2,1H3/t14-,21+/m1/s1. The maximum absolute atomic E-state index is 14.1. The summed E-state index contributed by atoms with van der Waals surface area (Å²) in [5, 5.41) is 4.48. The number of benzene rings is 1. The van der Waals surface area contributed by atoms with Crippen molar-refractivity contribution in [1.82, 2.24) is 24.1 Å². The van der Waals surface area contributed by atoms with E-state index in [1.807, 2.05) is 17.1 Å². The van der Waals surface area contributed by atoms with Crippen molar-refractivity contribution in [2.45, 2.75) is 50.7 Å². The van der Waals surface area contributed by atoms with Crippen LogP contribution in [0.3, 0.4) is 0 Å². The molecule has 35 heavy (non-hydrogen) atoms. The van der Waals surface area contributed by atoms with Crippen molar-refractivity contribution in [1.29, 1.82) is 0 Å². The monoisotopic (exact) mass is 497 g/mol. The van der Waals surface area contributed by atoms with E-state index in [1.54, 1.807) is 13.1 Å². The van der Waals surface area contributed by atoms with Crippen molar-refractivity contribution in [2.24, 2.45) is 0 Å². The second kappa shape index (κ2) is 8.49. The smallest absolute Gasteiger partial charge is 0.277 e. The molecule has 2 aliphatic rings. The molecule has 0 spiro atoms. The van der Waals surface area contributed by atoms with Crippen LogP contribution in [0.4, 0.5) is 8.78 Å². The second-order valence-corrected chi connectivity index (χ2v) is 9.60. The van der Waals surface area contributed by atoms with E-state index in [9.17, 15) is 13.6 Å². The van der Waals surface area contributed by atoms with E-state index in [-0.39, 0.29) is 22.7 Å². The summed E-state index contributed by atoms with van der Waals surface area (Å²) in [5.41, 5.74) is 2.42. The molecule has 1 aliphatic carbocycles. The van der Waals surface area contributed by atoms with Crippen LogP contribution in [0.1, 0.15) is 60.7 Å². The first-order valence-electron chi connectivity index (χ1n) is 11.6. The molecule has 1 saturated carbocycles. The average Bonchev–Trinajstić information content (AvgIpc) is 3.60. The summed E-state index contributed by atoms with van der Waals surface area (Å²) in [6, 6.07) is 4.02. The van der Waals surface area contributed by atoms with Crippen LogP contribution in [0.15, 0.2) is 41.6 Å². The summed E-state index contributed by atoms with van der Waals surface area (Å²) >= 11 is 6.22. The van der Waals surface area contributed by atoms with Gasteiger partial charge < -0.3 is 4.74 Å². The summed E-state index contributed by atoms with van der Waals surface area (Å²) in [6.45, 7) is 2.14. The highest BCUT2D eigenvalue weighted by Crippen LogP contribution is 2.39. The van der Waals surface area contributed by atoms with E-state index in [0.29, 0.717) is 48.1 Å². The lowest BCUT2D eigenvalue weighted by Crippen LogP contribution is -2.23. The van der Waals surface area contributed by atoms with E-state index < -0.39 is 17.2 Å². The molecule has 0 amide bonds. The number of nitrogens with zero attached hydrogens (tertiary/aromatic N) is 5. The number of rotatable bonds is 4. The molecule has 1 aromatic carbocycles. The SMILES string of the molecule is Cc1nc2c(-c3ccc(F)c(F)c3)nc([C@@H]3CCO[C@H](c4cnn(C5CC5)c4)C3)cn2c(=O)c1Cl. The van der Waals surface area contributed by atoms with Gasteiger partial charge in [0, 0.05) is 36.0 Å². The molecule has 0 unspecified atom stereocenters. The molecule has 4 heterocycles. The Balaban J connectivity index is 1.44. The van der Waals surface area contributed by atoms with Gasteiger partial charge in [-0.2, -0.15) is 5.10 Å². The number of fused-ring (bicyclic) bond motifs is 1.